The van der Waals surface area contributed by atoms with Crippen LogP contribution in [0, 0.1) is 0 Å². The first kappa shape index (κ1) is 15.6. The van der Waals surface area contributed by atoms with E-state index in [9.17, 15) is 4.79 Å². The van der Waals surface area contributed by atoms with E-state index in [1.807, 2.05) is 4.90 Å². The molecule has 4 heteroatoms. The van der Waals surface area contributed by atoms with Crippen molar-refractivity contribution in [2.24, 2.45) is 0 Å². The van der Waals surface area contributed by atoms with Gasteiger partial charge in [0.1, 0.15) is 0 Å². The third-order valence-corrected chi connectivity index (χ3v) is 4.78. The molecule has 0 spiro atoms. The Labute approximate surface area is 123 Å². The van der Waals surface area contributed by atoms with Gasteiger partial charge in [-0.25, -0.2) is 4.79 Å². The number of hydrogen-bond donors (Lipinski definition) is 1. The van der Waals surface area contributed by atoms with Crippen LogP contribution in [0.1, 0.15) is 58.8 Å². The van der Waals surface area contributed by atoms with Gasteiger partial charge in [0.05, 0.1) is 0 Å². The summed E-state index contributed by atoms with van der Waals surface area (Å²) in [6.07, 6.45) is 8.79. The minimum atomic E-state index is 0.0714. The third kappa shape index (κ3) is 4.37. The summed E-state index contributed by atoms with van der Waals surface area (Å²) in [5.74, 6) is 0. The summed E-state index contributed by atoms with van der Waals surface area (Å²) >= 11 is 0. The predicted molar refractivity (Wildman–Crippen MR) is 82.9 cm³/mol. The molecule has 2 aliphatic heterocycles. The average molecular weight is 281 g/mol. The van der Waals surface area contributed by atoms with Crippen LogP contribution in [0.2, 0.25) is 0 Å². The van der Waals surface area contributed by atoms with Crippen molar-refractivity contribution in [1.29, 1.82) is 0 Å². The fourth-order valence-electron chi connectivity index (χ4n) is 3.29. The van der Waals surface area contributed by atoms with Crippen molar-refractivity contribution in [2.45, 2.75) is 64.3 Å². The monoisotopic (exact) mass is 281 g/mol. The molecule has 1 N–H and O–H groups in total. The number of nitrogens with zero attached hydrogens (tertiary/aromatic N) is 2. The molecular formula is C16H31N3O. The Morgan fingerprint density at radius 3 is 2.00 bits per heavy atom. The summed E-state index contributed by atoms with van der Waals surface area (Å²) in [7, 11) is 0. The SMILES string of the molecule is CC(C)(CNC(=O)N1CCCCCC1)N1CCCCC1. The maximum atomic E-state index is 12.3. The van der Waals surface area contributed by atoms with Crippen LogP contribution in [0.3, 0.4) is 0 Å². The Balaban J connectivity index is 1.78. The first-order chi connectivity index (χ1) is 9.59. The van der Waals surface area contributed by atoms with Gasteiger partial charge in [0, 0.05) is 25.2 Å². The van der Waals surface area contributed by atoms with E-state index >= 15 is 0 Å². The quantitative estimate of drug-likeness (QED) is 0.863. The van der Waals surface area contributed by atoms with Crippen molar-refractivity contribution in [3.05, 3.63) is 0 Å². The number of nitrogens with one attached hydrogen (secondary N) is 1. The van der Waals surface area contributed by atoms with Crippen LogP contribution in [0.4, 0.5) is 4.79 Å². The Morgan fingerprint density at radius 1 is 0.900 bits per heavy atom. The molecule has 0 aromatic rings. The molecule has 2 aliphatic rings. The van der Waals surface area contributed by atoms with Crippen molar-refractivity contribution in [3.8, 4) is 0 Å². The number of rotatable bonds is 3. The minimum Gasteiger partial charge on any atom is -0.336 e. The summed E-state index contributed by atoms with van der Waals surface area (Å²) in [5, 5.41) is 3.16. The fourth-order valence-corrected chi connectivity index (χ4v) is 3.29. The van der Waals surface area contributed by atoms with Crippen molar-refractivity contribution in [3.63, 3.8) is 0 Å². The summed E-state index contributed by atoms with van der Waals surface area (Å²) in [5.41, 5.74) is 0.0714. The minimum absolute atomic E-state index is 0.0714. The Kier molecular flexibility index (Phi) is 5.70. The molecule has 0 bridgehead atoms. The molecule has 2 saturated heterocycles. The summed E-state index contributed by atoms with van der Waals surface area (Å²) in [6, 6.07) is 0.136. The van der Waals surface area contributed by atoms with Crippen LogP contribution in [0.5, 0.6) is 0 Å². The number of piperidine rings is 1. The lowest BCUT2D eigenvalue weighted by atomic mass is 9.98. The van der Waals surface area contributed by atoms with Crippen LogP contribution < -0.4 is 5.32 Å². The van der Waals surface area contributed by atoms with Gasteiger partial charge in [-0.2, -0.15) is 0 Å². The number of urea groups is 1. The maximum Gasteiger partial charge on any atom is 0.317 e. The number of carbonyl (C=O) groups is 1. The molecule has 20 heavy (non-hydrogen) atoms. The zero-order chi connectivity index (χ0) is 14.4. The van der Waals surface area contributed by atoms with Crippen molar-refractivity contribution < 1.29 is 4.79 Å². The second-order valence-electron chi connectivity index (χ2n) is 6.92. The van der Waals surface area contributed by atoms with E-state index in [1.54, 1.807) is 0 Å². The third-order valence-electron chi connectivity index (χ3n) is 4.78. The van der Waals surface area contributed by atoms with Crippen LogP contribution >= 0.6 is 0 Å². The standard InChI is InChI=1S/C16H31N3O/c1-16(2,19-12-8-5-9-13-19)14-17-15(20)18-10-6-3-4-7-11-18/h3-14H2,1-2H3,(H,17,20). The lowest BCUT2D eigenvalue weighted by Crippen LogP contribution is -2.55. The molecule has 0 radical (unpaired) electrons. The van der Waals surface area contributed by atoms with Crippen molar-refractivity contribution >= 4 is 6.03 Å². The second-order valence-corrected chi connectivity index (χ2v) is 6.92. The average Bonchev–Trinajstić information content (AvgIpc) is 2.75. The van der Waals surface area contributed by atoms with Gasteiger partial charge < -0.3 is 10.2 Å². The van der Waals surface area contributed by atoms with Gasteiger partial charge in [0.25, 0.3) is 0 Å². The highest BCUT2D eigenvalue weighted by atomic mass is 16.2. The molecule has 2 rings (SSSR count). The smallest absolute Gasteiger partial charge is 0.317 e. The van der Waals surface area contributed by atoms with Crippen LogP contribution in [0.15, 0.2) is 0 Å². The molecule has 2 heterocycles. The number of hydrogen-bond acceptors (Lipinski definition) is 2. The Hall–Kier alpha value is -0.770. The summed E-state index contributed by atoms with van der Waals surface area (Å²) in [4.78, 5) is 16.8. The molecule has 0 atom stereocenters. The van der Waals surface area contributed by atoms with E-state index in [1.165, 1.54) is 45.2 Å². The molecule has 0 aliphatic carbocycles. The maximum absolute atomic E-state index is 12.3. The molecule has 2 fully saturated rings. The predicted octanol–water partition coefficient (Wildman–Crippen LogP) is 2.84. The van der Waals surface area contributed by atoms with Gasteiger partial charge >= 0.3 is 6.03 Å². The van der Waals surface area contributed by atoms with Gasteiger partial charge in [0.2, 0.25) is 0 Å². The lowest BCUT2D eigenvalue weighted by molar-refractivity contribution is 0.0939. The van der Waals surface area contributed by atoms with Gasteiger partial charge in [-0.3, -0.25) is 4.90 Å². The highest BCUT2D eigenvalue weighted by Crippen LogP contribution is 2.20. The van der Waals surface area contributed by atoms with Crippen LogP contribution in [-0.4, -0.2) is 54.1 Å². The zero-order valence-electron chi connectivity index (χ0n) is 13.3. The van der Waals surface area contributed by atoms with Crippen LogP contribution in [-0.2, 0) is 0 Å². The highest BCUT2D eigenvalue weighted by molar-refractivity contribution is 5.74. The summed E-state index contributed by atoms with van der Waals surface area (Å²) in [6.45, 7) is 9.45. The Bertz CT molecular complexity index is 303. The summed E-state index contributed by atoms with van der Waals surface area (Å²) < 4.78 is 0. The zero-order valence-corrected chi connectivity index (χ0v) is 13.3. The fraction of sp³-hybridized carbons (Fsp3) is 0.938. The van der Waals surface area contributed by atoms with Crippen LogP contribution in [0.25, 0.3) is 0 Å². The molecule has 0 saturated carbocycles. The van der Waals surface area contributed by atoms with Crippen molar-refractivity contribution in [2.75, 3.05) is 32.7 Å². The second kappa shape index (κ2) is 7.30. The van der Waals surface area contributed by atoms with Gasteiger partial charge in [-0.15, -0.1) is 0 Å². The van der Waals surface area contributed by atoms with Crippen molar-refractivity contribution in [1.82, 2.24) is 15.1 Å². The molecule has 0 aromatic heterocycles. The van der Waals surface area contributed by atoms with E-state index < -0.39 is 0 Å². The highest BCUT2D eigenvalue weighted by Gasteiger charge is 2.28. The Morgan fingerprint density at radius 2 is 1.40 bits per heavy atom. The van der Waals surface area contributed by atoms with Gasteiger partial charge in [-0.1, -0.05) is 19.3 Å². The van der Waals surface area contributed by atoms with E-state index in [0.29, 0.717) is 0 Å². The van der Waals surface area contributed by atoms with Gasteiger partial charge in [-0.05, 0) is 52.6 Å². The topological polar surface area (TPSA) is 35.6 Å². The van der Waals surface area contributed by atoms with E-state index in [2.05, 4.69) is 24.1 Å². The first-order valence-corrected chi connectivity index (χ1v) is 8.37. The molecule has 116 valence electrons. The van der Waals surface area contributed by atoms with E-state index in [4.69, 9.17) is 0 Å². The molecule has 2 amide bonds. The van der Waals surface area contributed by atoms with E-state index in [0.717, 1.165) is 32.5 Å². The van der Waals surface area contributed by atoms with E-state index in [-0.39, 0.29) is 11.6 Å². The normalized spacial score (nSPS) is 22.4. The molecule has 4 nitrogen and oxygen atoms in total. The molecule has 0 unspecified atom stereocenters. The molecular weight excluding hydrogens is 250 g/mol. The number of amides is 2. The lowest BCUT2D eigenvalue weighted by Gasteiger charge is -2.41. The largest absolute Gasteiger partial charge is 0.336 e. The molecule has 0 aromatic carbocycles. The first-order valence-electron chi connectivity index (χ1n) is 8.37. The van der Waals surface area contributed by atoms with Gasteiger partial charge in [0.15, 0.2) is 0 Å². The number of likely N-dealkylation sites (tertiary alicyclic amines) is 2. The number of carbonyl (C=O) groups excluding carboxylic acids is 1.